The van der Waals surface area contributed by atoms with Gasteiger partial charge in [0, 0.05) is 19.3 Å². The highest BCUT2D eigenvalue weighted by Gasteiger charge is 2.33. The normalized spacial score (nSPS) is 16.1. The molecule has 1 fully saturated rings. The smallest absolute Gasteiger partial charge is 0.323 e. The Morgan fingerprint density at radius 2 is 2.04 bits per heavy atom. The van der Waals surface area contributed by atoms with Crippen molar-refractivity contribution in [3.8, 4) is 0 Å². The number of anilines is 1. The van der Waals surface area contributed by atoms with Crippen LogP contribution in [-0.4, -0.2) is 46.3 Å². The number of thioether (sulfide) groups is 1. The first-order valence-corrected chi connectivity index (χ1v) is 8.93. The summed E-state index contributed by atoms with van der Waals surface area (Å²) in [5, 5.41) is 8.84. The van der Waals surface area contributed by atoms with Gasteiger partial charge in [-0.1, -0.05) is 49.5 Å². The average Bonchev–Trinajstić information content (AvgIpc) is 2.80. The Kier molecular flexibility index (Phi) is 6.39. The molecule has 24 heavy (non-hydrogen) atoms. The Morgan fingerprint density at radius 3 is 2.62 bits per heavy atom. The Labute approximate surface area is 151 Å². The van der Waals surface area contributed by atoms with E-state index in [1.165, 1.54) is 0 Å². The maximum absolute atomic E-state index is 12.2. The monoisotopic (exact) mass is 364 g/mol. The summed E-state index contributed by atoms with van der Waals surface area (Å²) >= 11 is 6.22. The van der Waals surface area contributed by atoms with Crippen LogP contribution in [0, 0.1) is 0 Å². The molecule has 0 aliphatic carbocycles. The Morgan fingerprint density at radius 1 is 1.38 bits per heavy atom. The zero-order valence-corrected chi connectivity index (χ0v) is 15.3. The van der Waals surface area contributed by atoms with E-state index in [1.807, 2.05) is 24.3 Å². The summed E-state index contributed by atoms with van der Waals surface area (Å²) in [5.74, 6) is -1.43. The maximum Gasteiger partial charge on any atom is 0.323 e. The second kappa shape index (κ2) is 8.30. The van der Waals surface area contributed by atoms with Gasteiger partial charge in [0.15, 0.2) is 0 Å². The van der Waals surface area contributed by atoms with Gasteiger partial charge in [-0.05, 0) is 30.2 Å². The second-order valence-electron chi connectivity index (χ2n) is 5.53. The molecule has 1 aromatic rings. The summed E-state index contributed by atoms with van der Waals surface area (Å²) in [5.41, 5.74) is 2.01. The molecular weight excluding hydrogens is 344 g/mol. The highest BCUT2D eigenvalue weighted by Crippen LogP contribution is 2.32. The third-order valence-corrected chi connectivity index (χ3v) is 5.02. The molecule has 0 atom stereocenters. The second-order valence-corrected chi connectivity index (χ2v) is 7.20. The quantitative estimate of drug-likeness (QED) is 0.592. The minimum atomic E-state index is -1.08. The van der Waals surface area contributed by atoms with Crippen molar-refractivity contribution in [2.24, 2.45) is 0 Å². The predicted octanol–water partition coefficient (Wildman–Crippen LogP) is 3.21. The molecule has 1 N–H and O–H groups in total. The molecule has 2 rings (SSSR count). The lowest BCUT2D eigenvalue weighted by atomic mass is 10.1. The largest absolute Gasteiger partial charge is 0.480 e. The third kappa shape index (κ3) is 4.58. The van der Waals surface area contributed by atoms with E-state index in [0.717, 1.165) is 47.3 Å². The van der Waals surface area contributed by atoms with Gasteiger partial charge in [0.2, 0.25) is 0 Å². The van der Waals surface area contributed by atoms with Gasteiger partial charge in [-0.3, -0.25) is 14.5 Å². The van der Waals surface area contributed by atoms with Gasteiger partial charge < -0.3 is 10.0 Å². The molecule has 0 saturated carbocycles. The summed E-state index contributed by atoms with van der Waals surface area (Å²) in [6.07, 6.45) is 4.04. The van der Waals surface area contributed by atoms with Crippen molar-refractivity contribution in [3.63, 3.8) is 0 Å². The number of benzene rings is 1. The lowest BCUT2D eigenvalue weighted by Crippen LogP contribution is -2.33. The molecule has 7 heteroatoms. The van der Waals surface area contributed by atoms with E-state index in [9.17, 15) is 9.59 Å². The molecule has 0 radical (unpaired) electrons. The Hall–Kier alpha value is -1.86. The number of carbonyl (C=O) groups is 2. The lowest BCUT2D eigenvalue weighted by Gasteiger charge is -2.18. The van der Waals surface area contributed by atoms with E-state index >= 15 is 0 Å². The molecule has 0 unspecified atom stereocenters. The van der Waals surface area contributed by atoms with Crippen LogP contribution < -0.4 is 4.90 Å². The van der Waals surface area contributed by atoms with Crippen LogP contribution in [0.5, 0.6) is 0 Å². The van der Waals surface area contributed by atoms with Crippen molar-refractivity contribution < 1.29 is 14.7 Å². The SMILES string of the molecule is CCCCN(C)c1ccc(/C=C2/SC(=S)N(CC(=O)O)C2=O)cc1. The van der Waals surface area contributed by atoms with Crippen LogP contribution in [0.1, 0.15) is 25.3 Å². The van der Waals surface area contributed by atoms with Gasteiger partial charge in [-0.25, -0.2) is 0 Å². The van der Waals surface area contributed by atoms with Gasteiger partial charge in [0.25, 0.3) is 5.91 Å². The standard InChI is InChI=1S/C17H20N2O3S2/c1-3-4-9-18(2)13-7-5-12(6-8-13)10-14-16(22)19(11-15(20)21)17(23)24-14/h5-8,10H,3-4,9,11H2,1-2H3,(H,20,21)/b14-10+. The van der Waals surface area contributed by atoms with Crippen molar-refractivity contribution in [1.82, 2.24) is 4.90 Å². The number of nitrogens with zero attached hydrogens (tertiary/aromatic N) is 2. The molecule has 1 aromatic carbocycles. The van der Waals surface area contributed by atoms with Crippen LogP contribution in [0.25, 0.3) is 6.08 Å². The highest BCUT2D eigenvalue weighted by molar-refractivity contribution is 8.26. The van der Waals surface area contributed by atoms with Crippen molar-refractivity contribution in [1.29, 1.82) is 0 Å². The molecule has 5 nitrogen and oxygen atoms in total. The van der Waals surface area contributed by atoms with Crippen LogP contribution in [0.3, 0.4) is 0 Å². The molecule has 0 aromatic heterocycles. The molecule has 128 valence electrons. The van der Waals surface area contributed by atoms with Crippen LogP contribution in [0.4, 0.5) is 5.69 Å². The maximum atomic E-state index is 12.2. The van der Waals surface area contributed by atoms with Gasteiger partial charge in [0.1, 0.15) is 10.9 Å². The number of aliphatic carboxylic acids is 1. The van der Waals surface area contributed by atoms with E-state index in [-0.39, 0.29) is 10.2 Å². The fraction of sp³-hybridized carbons (Fsp3) is 0.353. The lowest BCUT2D eigenvalue weighted by molar-refractivity contribution is -0.140. The number of hydrogen-bond acceptors (Lipinski definition) is 5. The van der Waals surface area contributed by atoms with Crippen molar-refractivity contribution in [3.05, 3.63) is 34.7 Å². The Bertz CT molecular complexity index is 671. The number of carbonyl (C=O) groups excluding carboxylic acids is 1. The summed E-state index contributed by atoms with van der Waals surface area (Å²) in [6, 6.07) is 7.92. The molecule has 0 spiro atoms. The first-order valence-electron chi connectivity index (χ1n) is 7.70. The molecule has 1 heterocycles. The first-order chi connectivity index (χ1) is 11.4. The van der Waals surface area contributed by atoms with Crippen LogP contribution >= 0.6 is 24.0 Å². The van der Waals surface area contributed by atoms with Crippen LogP contribution in [0.2, 0.25) is 0 Å². The zero-order chi connectivity index (χ0) is 17.7. The first kappa shape index (κ1) is 18.5. The third-order valence-electron chi connectivity index (χ3n) is 3.65. The van der Waals surface area contributed by atoms with Gasteiger partial charge in [-0.15, -0.1) is 0 Å². The molecule has 1 aliphatic rings. The van der Waals surface area contributed by atoms with Crippen LogP contribution in [-0.2, 0) is 9.59 Å². The minimum absolute atomic E-state index is 0.282. The van der Waals surface area contributed by atoms with Crippen molar-refractivity contribution in [2.45, 2.75) is 19.8 Å². The van der Waals surface area contributed by atoms with Crippen molar-refractivity contribution >= 4 is 51.9 Å². The number of thiocarbonyl (C=S) groups is 1. The molecule has 0 bridgehead atoms. The van der Waals surface area contributed by atoms with Gasteiger partial charge >= 0.3 is 5.97 Å². The van der Waals surface area contributed by atoms with Gasteiger partial charge in [0.05, 0.1) is 4.91 Å². The molecular formula is C17H20N2O3S2. The van der Waals surface area contributed by atoms with E-state index in [2.05, 4.69) is 18.9 Å². The molecule has 1 aliphatic heterocycles. The average molecular weight is 364 g/mol. The fourth-order valence-electron chi connectivity index (χ4n) is 2.27. The number of amides is 1. The molecule has 1 saturated heterocycles. The number of rotatable bonds is 7. The summed E-state index contributed by atoms with van der Waals surface area (Å²) in [7, 11) is 2.06. The highest BCUT2D eigenvalue weighted by atomic mass is 32.2. The Balaban J connectivity index is 2.10. The number of unbranched alkanes of at least 4 members (excludes halogenated alkanes) is 1. The zero-order valence-electron chi connectivity index (χ0n) is 13.7. The molecule has 1 amide bonds. The summed E-state index contributed by atoms with van der Waals surface area (Å²) in [4.78, 5) is 26.8. The number of carboxylic acids is 1. The van der Waals surface area contributed by atoms with Gasteiger partial charge in [-0.2, -0.15) is 0 Å². The summed E-state index contributed by atoms with van der Waals surface area (Å²) < 4.78 is 0.282. The van der Waals surface area contributed by atoms with E-state index in [4.69, 9.17) is 17.3 Å². The predicted molar refractivity (Wildman–Crippen MR) is 102 cm³/mol. The fourth-order valence-corrected chi connectivity index (χ4v) is 3.53. The van der Waals surface area contributed by atoms with Crippen molar-refractivity contribution in [2.75, 3.05) is 25.0 Å². The van der Waals surface area contributed by atoms with Crippen LogP contribution in [0.15, 0.2) is 29.2 Å². The van der Waals surface area contributed by atoms with E-state index in [1.54, 1.807) is 6.08 Å². The topological polar surface area (TPSA) is 60.9 Å². The number of hydrogen-bond donors (Lipinski definition) is 1. The van der Waals surface area contributed by atoms with E-state index in [0.29, 0.717) is 4.91 Å². The number of carboxylic acid groups (broad SMARTS) is 1. The summed E-state index contributed by atoms with van der Waals surface area (Å²) in [6.45, 7) is 2.77. The minimum Gasteiger partial charge on any atom is -0.480 e. The van der Waals surface area contributed by atoms with E-state index < -0.39 is 12.5 Å².